The van der Waals surface area contributed by atoms with Crippen LogP contribution in [0.1, 0.15) is 25.6 Å². The van der Waals surface area contributed by atoms with Crippen LogP contribution >= 0.6 is 11.3 Å². The van der Waals surface area contributed by atoms with E-state index in [1.54, 1.807) is 5.38 Å². The Kier molecular flexibility index (Phi) is 2.92. The second-order valence-electron chi connectivity index (χ2n) is 3.19. The topological polar surface area (TPSA) is 34.1 Å². The average molecular weight is 234 g/mol. The Balaban J connectivity index is 2.31. The summed E-state index contributed by atoms with van der Waals surface area (Å²) in [5.74, 6) is -0.584. The molecule has 0 saturated heterocycles. The van der Waals surface area contributed by atoms with Gasteiger partial charge in [0.15, 0.2) is 12.1 Å². The van der Waals surface area contributed by atoms with Crippen molar-refractivity contribution in [3.05, 3.63) is 57.5 Å². The quantitative estimate of drug-likeness (QED) is 0.604. The van der Waals surface area contributed by atoms with Gasteiger partial charge in [-0.2, -0.15) is 0 Å². The van der Waals surface area contributed by atoms with Crippen LogP contribution in [0.5, 0.6) is 0 Å². The maximum atomic E-state index is 12.7. The molecule has 0 radical (unpaired) electrons. The zero-order chi connectivity index (χ0) is 11.5. The Labute approximate surface area is 95.3 Å². The van der Waals surface area contributed by atoms with Crippen LogP contribution in [0.3, 0.4) is 0 Å². The summed E-state index contributed by atoms with van der Waals surface area (Å²) in [5.41, 5.74) is 0.871. The van der Waals surface area contributed by atoms with Crippen LogP contribution in [0.15, 0.2) is 35.7 Å². The zero-order valence-electron chi connectivity index (χ0n) is 8.14. The predicted octanol–water partition coefficient (Wildman–Crippen LogP) is 2.93. The van der Waals surface area contributed by atoms with E-state index in [0.29, 0.717) is 22.3 Å². The van der Waals surface area contributed by atoms with Crippen LogP contribution < -0.4 is 0 Å². The third-order valence-corrected chi connectivity index (χ3v) is 2.96. The van der Waals surface area contributed by atoms with E-state index in [0.717, 1.165) is 0 Å². The first-order valence-electron chi connectivity index (χ1n) is 4.54. The summed E-state index contributed by atoms with van der Waals surface area (Å²) in [7, 11) is 0. The molecule has 1 aromatic heterocycles. The molecule has 2 rings (SSSR count). The van der Waals surface area contributed by atoms with Crippen LogP contribution in [0.25, 0.3) is 0 Å². The minimum absolute atomic E-state index is 0.204. The number of aldehydes is 1. The van der Waals surface area contributed by atoms with E-state index in [1.165, 1.54) is 41.7 Å². The van der Waals surface area contributed by atoms with Gasteiger partial charge >= 0.3 is 0 Å². The molecule has 0 unspecified atom stereocenters. The first kappa shape index (κ1) is 10.7. The van der Waals surface area contributed by atoms with Gasteiger partial charge in [-0.1, -0.05) is 0 Å². The van der Waals surface area contributed by atoms with Crippen molar-refractivity contribution in [3.8, 4) is 0 Å². The highest BCUT2D eigenvalue weighted by atomic mass is 32.1. The number of carbonyl (C=O) groups is 2. The molecule has 0 atom stereocenters. The highest BCUT2D eigenvalue weighted by molar-refractivity contribution is 7.12. The number of rotatable bonds is 3. The Bertz CT molecular complexity index is 528. The Morgan fingerprint density at radius 3 is 2.44 bits per heavy atom. The van der Waals surface area contributed by atoms with Crippen molar-refractivity contribution in [3.63, 3.8) is 0 Å². The summed E-state index contributed by atoms with van der Waals surface area (Å²) in [6, 6.07) is 6.86. The number of benzene rings is 1. The van der Waals surface area contributed by atoms with E-state index in [-0.39, 0.29) is 11.6 Å². The number of carbonyl (C=O) groups excluding carboxylic acids is 2. The van der Waals surface area contributed by atoms with Gasteiger partial charge in [0, 0.05) is 16.5 Å². The molecule has 2 nitrogen and oxygen atoms in total. The van der Waals surface area contributed by atoms with E-state index in [2.05, 4.69) is 0 Å². The molecule has 2 aromatic rings. The molecule has 0 fully saturated rings. The number of ketones is 1. The largest absolute Gasteiger partial charge is 0.297 e. The highest BCUT2D eigenvalue weighted by Gasteiger charge is 2.11. The lowest BCUT2D eigenvalue weighted by atomic mass is 10.1. The average Bonchev–Trinajstić information content (AvgIpc) is 2.77. The number of thiophene rings is 1. The number of hydrogen-bond donors (Lipinski definition) is 0. The summed E-state index contributed by atoms with van der Waals surface area (Å²) in [4.78, 5) is 22.8. The fraction of sp³-hybridized carbons (Fsp3) is 0. The Morgan fingerprint density at radius 1 is 1.19 bits per heavy atom. The van der Waals surface area contributed by atoms with Gasteiger partial charge in [-0.3, -0.25) is 9.59 Å². The molecule has 0 saturated carbocycles. The van der Waals surface area contributed by atoms with Gasteiger partial charge < -0.3 is 0 Å². The smallest absolute Gasteiger partial charge is 0.193 e. The fourth-order valence-electron chi connectivity index (χ4n) is 1.30. The highest BCUT2D eigenvalue weighted by Crippen LogP contribution is 2.17. The molecule has 4 heteroatoms. The normalized spacial score (nSPS) is 10.1. The summed E-state index contributed by atoms with van der Waals surface area (Å²) >= 11 is 1.21. The lowest BCUT2D eigenvalue weighted by Crippen LogP contribution is -1.99. The van der Waals surface area contributed by atoms with Crippen LogP contribution in [-0.2, 0) is 0 Å². The molecule has 0 spiro atoms. The number of halogens is 1. The maximum Gasteiger partial charge on any atom is 0.193 e. The Hall–Kier alpha value is -1.81. The molecule has 0 aliphatic heterocycles. The van der Waals surface area contributed by atoms with Gasteiger partial charge in [0.25, 0.3) is 0 Å². The standard InChI is InChI=1S/C12H7FO2S/c13-10-3-1-8(2-4-10)12(15)9-5-11(6-14)16-7-9/h1-7H. The molecular weight excluding hydrogens is 227 g/mol. The van der Waals surface area contributed by atoms with Crippen LogP contribution in [0.4, 0.5) is 4.39 Å². The predicted molar refractivity (Wildman–Crippen MR) is 59.5 cm³/mol. The lowest BCUT2D eigenvalue weighted by molar-refractivity contribution is 0.103. The van der Waals surface area contributed by atoms with E-state index in [9.17, 15) is 14.0 Å². The van der Waals surface area contributed by atoms with Crippen molar-refractivity contribution in [2.45, 2.75) is 0 Å². The molecule has 1 heterocycles. The first-order chi connectivity index (χ1) is 7.70. The van der Waals surface area contributed by atoms with Crippen LogP contribution in [0.2, 0.25) is 0 Å². The van der Waals surface area contributed by atoms with Crippen LogP contribution in [-0.4, -0.2) is 12.1 Å². The molecule has 16 heavy (non-hydrogen) atoms. The third-order valence-electron chi connectivity index (χ3n) is 2.10. The SMILES string of the molecule is O=Cc1cc(C(=O)c2ccc(F)cc2)cs1. The van der Waals surface area contributed by atoms with Crippen molar-refractivity contribution >= 4 is 23.4 Å². The third kappa shape index (κ3) is 2.06. The maximum absolute atomic E-state index is 12.7. The zero-order valence-corrected chi connectivity index (χ0v) is 8.96. The van der Waals surface area contributed by atoms with Gasteiger partial charge in [-0.05, 0) is 30.3 Å². The molecule has 0 aliphatic carbocycles. The minimum Gasteiger partial charge on any atom is -0.297 e. The fourth-order valence-corrected chi connectivity index (χ4v) is 1.99. The van der Waals surface area contributed by atoms with Crippen molar-refractivity contribution in [1.29, 1.82) is 0 Å². The van der Waals surface area contributed by atoms with Crippen molar-refractivity contribution < 1.29 is 14.0 Å². The minimum atomic E-state index is -0.379. The first-order valence-corrected chi connectivity index (χ1v) is 5.42. The number of hydrogen-bond acceptors (Lipinski definition) is 3. The van der Waals surface area contributed by atoms with Gasteiger partial charge in [0.1, 0.15) is 5.82 Å². The van der Waals surface area contributed by atoms with Crippen molar-refractivity contribution in [2.75, 3.05) is 0 Å². The van der Waals surface area contributed by atoms with Gasteiger partial charge in [-0.25, -0.2) is 4.39 Å². The monoisotopic (exact) mass is 234 g/mol. The van der Waals surface area contributed by atoms with Crippen molar-refractivity contribution in [1.82, 2.24) is 0 Å². The molecule has 0 N–H and O–H groups in total. The van der Waals surface area contributed by atoms with Gasteiger partial charge in [0.05, 0.1) is 4.88 Å². The second kappa shape index (κ2) is 4.37. The lowest BCUT2D eigenvalue weighted by Gasteiger charge is -1.97. The summed E-state index contributed by atoms with van der Waals surface area (Å²) < 4.78 is 12.7. The van der Waals surface area contributed by atoms with Gasteiger partial charge in [0.2, 0.25) is 0 Å². The van der Waals surface area contributed by atoms with Gasteiger partial charge in [-0.15, -0.1) is 11.3 Å². The summed E-state index contributed by atoms with van der Waals surface area (Å²) in [6.45, 7) is 0. The molecule has 80 valence electrons. The van der Waals surface area contributed by atoms with E-state index in [1.807, 2.05) is 0 Å². The Morgan fingerprint density at radius 2 is 1.88 bits per heavy atom. The molecule has 0 amide bonds. The molecular formula is C12H7FO2S. The molecule has 0 bridgehead atoms. The second-order valence-corrected chi connectivity index (χ2v) is 4.13. The summed E-state index contributed by atoms with van der Waals surface area (Å²) in [6.07, 6.45) is 0.701. The van der Waals surface area contributed by atoms with E-state index < -0.39 is 0 Å². The summed E-state index contributed by atoms with van der Waals surface area (Å²) in [5, 5.41) is 1.62. The van der Waals surface area contributed by atoms with E-state index in [4.69, 9.17) is 0 Å². The van der Waals surface area contributed by atoms with Crippen LogP contribution in [0, 0.1) is 5.82 Å². The molecule has 0 aliphatic rings. The van der Waals surface area contributed by atoms with E-state index >= 15 is 0 Å². The molecule has 1 aromatic carbocycles. The van der Waals surface area contributed by atoms with Crippen molar-refractivity contribution in [2.24, 2.45) is 0 Å².